The molecule has 1 aliphatic carbocycles. The van der Waals surface area contributed by atoms with E-state index in [0.717, 1.165) is 11.4 Å². The second-order valence-electron chi connectivity index (χ2n) is 3.57. The van der Waals surface area contributed by atoms with Gasteiger partial charge in [-0.3, -0.25) is 0 Å². The van der Waals surface area contributed by atoms with E-state index in [1.54, 1.807) is 7.11 Å². The van der Waals surface area contributed by atoms with Gasteiger partial charge in [0.05, 0.1) is 12.8 Å². The smallest absolute Gasteiger partial charge is 0.171 e. The lowest BCUT2D eigenvalue weighted by Crippen LogP contribution is -2.30. The fourth-order valence-electron chi connectivity index (χ4n) is 1.32. The van der Waals surface area contributed by atoms with Gasteiger partial charge < -0.3 is 15.4 Å². The van der Waals surface area contributed by atoms with Gasteiger partial charge in [0.25, 0.3) is 0 Å². The largest absolute Gasteiger partial charge is 0.495 e. The summed E-state index contributed by atoms with van der Waals surface area (Å²) in [5.41, 5.74) is 0.901. The summed E-state index contributed by atoms with van der Waals surface area (Å²) < 4.78 is 5.22. The first kappa shape index (κ1) is 10.2. The second-order valence-corrected chi connectivity index (χ2v) is 3.98. The van der Waals surface area contributed by atoms with Crippen molar-refractivity contribution < 1.29 is 4.74 Å². The van der Waals surface area contributed by atoms with Crippen LogP contribution in [-0.4, -0.2) is 18.3 Å². The molecule has 0 saturated heterocycles. The number of rotatable bonds is 3. The molecular formula is C11H14N2OS. The number of benzene rings is 1. The van der Waals surface area contributed by atoms with E-state index in [0.29, 0.717) is 11.2 Å². The summed E-state index contributed by atoms with van der Waals surface area (Å²) in [5.74, 6) is 0.803. The molecule has 1 aromatic rings. The van der Waals surface area contributed by atoms with Crippen molar-refractivity contribution >= 4 is 23.0 Å². The van der Waals surface area contributed by atoms with Gasteiger partial charge in [0, 0.05) is 6.04 Å². The van der Waals surface area contributed by atoms with Gasteiger partial charge in [-0.15, -0.1) is 0 Å². The van der Waals surface area contributed by atoms with Crippen LogP contribution >= 0.6 is 12.2 Å². The van der Waals surface area contributed by atoms with E-state index in [1.165, 1.54) is 12.8 Å². The van der Waals surface area contributed by atoms with Gasteiger partial charge in [-0.05, 0) is 37.2 Å². The van der Waals surface area contributed by atoms with Crippen molar-refractivity contribution in [3.8, 4) is 5.75 Å². The third-order valence-corrected chi connectivity index (χ3v) is 2.49. The molecule has 1 saturated carbocycles. The molecule has 0 heterocycles. The predicted octanol–water partition coefficient (Wildman–Crippen LogP) is 2.14. The van der Waals surface area contributed by atoms with Crippen molar-refractivity contribution in [3.63, 3.8) is 0 Å². The van der Waals surface area contributed by atoms with Crippen LogP contribution < -0.4 is 15.4 Å². The van der Waals surface area contributed by atoms with Crippen molar-refractivity contribution in [2.45, 2.75) is 18.9 Å². The summed E-state index contributed by atoms with van der Waals surface area (Å²) in [4.78, 5) is 0. The Balaban J connectivity index is 1.98. The lowest BCUT2D eigenvalue weighted by molar-refractivity contribution is 0.417. The highest BCUT2D eigenvalue weighted by molar-refractivity contribution is 7.80. The first-order chi connectivity index (χ1) is 7.29. The molecule has 2 N–H and O–H groups in total. The molecule has 1 aromatic carbocycles. The Morgan fingerprint density at radius 3 is 2.80 bits per heavy atom. The third kappa shape index (κ3) is 2.83. The van der Waals surface area contributed by atoms with E-state index in [-0.39, 0.29) is 0 Å². The molecule has 0 spiro atoms. The maximum Gasteiger partial charge on any atom is 0.171 e. The molecule has 0 unspecified atom stereocenters. The van der Waals surface area contributed by atoms with E-state index in [4.69, 9.17) is 17.0 Å². The van der Waals surface area contributed by atoms with Crippen LogP contribution in [-0.2, 0) is 0 Å². The molecule has 4 heteroatoms. The van der Waals surface area contributed by atoms with Gasteiger partial charge in [-0.25, -0.2) is 0 Å². The van der Waals surface area contributed by atoms with E-state index >= 15 is 0 Å². The number of anilines is 1. The van der Waals surface area contributed by atoms with Crippen molar-refractivity contribution in [3.05, 3.63) is 24.3 Å². The van der Waals surface area contributed by atoms with Gasteiger partial charge in [0.15, 0.2) is 5.11 Å². The SMILES string of the molecule is COc1ccccc1NC(=S)NC1CC1. The predicted molar refractivity (Wildman–Crippen MR) is 65.4 cm³/mol. The molecule has 0 amide bonds. The van der Waals surface area contributed by atoms with Crippen LogP contribution in [0.25, 0.3) is 0 Å². The fraction of sp³-hybridized carbons (Fsp3) is 0.364. The zero-order valence-electron chi connectivity index (χ0n) is 8.62. The van der Waals surface area contributed by atoms with Crippen LogP contribution in [0, 0.1) is 0 Å². The number of ether oxygens (including phenoxy) is 1. The quantitative estimate of drug-likeness (QED) is 0.768. The highest BCUT2D eigenvalue weighted by Crippen LogP contribution is 2.23. The number of para-hydroxylation sites is 2. The molecule has 0 radical (unpaired) electrons. The molecule has 0 aromatic heterocycles. The van der Waals surface area contributed by atoms with Crippen LogP contribution in [0.2, 0.25) is 0 Å². The maximum atomic E-state index is 5.22. The molecule has 80 valence electrons. The average molecular weight is 222 g/mol. The van der Waals surface area contributed by atoms with Crippen LogP contribution in [0.4, 0.5) is 5.69 Å². The minimum Gasteiger partial charge on any atom is -0.495 e. The minimum atomic E-state index is 0.569. The van der Waals surface area contributed by atoms with Crippen LogP contribution in [0.15, 0.2) is 24.3 Å². The summed E-state index contributed by atoms with van der Waals surface area (Å²) in [6.45, 7) is 0. The Hall–Kier alpha value is -1.29. The first-order valence-electron chi connectivity index (χ1n) is 5.00. The summed E-state index contributed by atoms with van der Waals surface area (Å²) in [7, 11) is 1.65. The van der Waals surface area contributed by atoms with Gasteiger partial charge >= 0.3 is 0 Å². The van der Waals surface area contributed by atoms with Crippen molar-refractivity contribution in [1.29, 1.82) is 0 Å². The van der Waals surface area contributed by atoms with Crippen molar-refractivity contribution in [2.24, 2.45) is 0 Å². The van der Waals surface area contributed by atoms with Crippen molar-refractivity contribution in [2.75, 3.05) is 12.4 Å². The van der Waals surface area contributed by atoms with Gasteiger partial charge in [0.2, 0.25) is 0 Å². The lowest BCUT2D eigenvalue weighted by atomic mass is 10.3. The zero-order chi connectivity index (χ0) is 10.7. The molecule has 2 rings (SSSR count). The number of nitrogens with one attached hydrogen (secondary N) is 2. The average Bonchev–Trinajstić information content (AvgIpc) is 3.02. The number of methoxy groups -OCH3 is 1. The fourth-order valence-corrected chi connectivity index (χ4v) is 1.60. The topological polar surface area (TPSA) is 33.3 Å². The van der Waals surface area contributed by atoms with Gasteiger partial charge in [-0.1, -0.05) is 12.1 Å². The molecule has 15 heavy (non-hydrogen) atoms. The molecule has 0 aliphatic heterocycles. The normalized spacial score (nSPS) is 14.5. The molecule has 1 aliphatic rings. The zero-order valence-corrected chi connectivity index (χ0v) is 9.43. The van der Waals surface area contributed by atoms with Gasteiger partial charge in [-0.2, -0.15) is 0 Å². The Labute approximate surface area is 94.8 Å². The summed E-state index contributed by atoms with van der Waals surface area (Å²) in [6.07, 6.45) is 2.43. The van der Waals surface area contributed by atoms with E-state index in [2.05, 4.69) is 10.6 Å². The molecular weight excluding hydrogens is 208 g/mol. The van der Waals surface area contributed by atoms with Crippen molar-refractivity contribution in [1.82, 2.24) is 5.32 Å². The molecule has 0 atom stereocenters. The van der Waals surface area contributed by atoms with Gasteiger partial charge in [0.1, 0.15) is 5.75 Å². The number of hydrogen-bond donors (Lipinski definition) is 2. The van der Waals surface area contributed by atoms with E-state index in [9.17, 15) is 0 Å². The molecule has 3 nitrogen and oxygen atoms in total. The van der Waals surface area contributed by atoms with Crippen LogP contribution in [0.1, 0.15) is 12.8 Å². The Bertz CT molecular complexity index is 363. The summed E-state index contributed by atoms with van der Waals surface area (Å²) in [5, 5.41) is 7.02. The number of thiocarbonyl (C=S) groups is 1. The van der Waals surface area contributed by atoms with E-state index < -0.39 is 0 Å². The Kier molecular flexibility index (Phi) is 3.06. The highest BCUT2D eigenvalue weighted by atomic mass is 32.1. The third-order valence-electron chi connectivity index (χ3n) is 2.27. The maximum absolute atomic E-state index is 5.22. The van der Waals surface area contributed by atoms with Crippen LogP contribution in [0.5, 0.6) is 5.75 Å². The lowest BCUT2D eigenvalue weighted by Gasteiger charge is -2.12. The van der Waals surface area contributed by atoms with Crippen LogP contribution in [0.3, 0.4) is 0 Å². The monoisotopic (exact) mass is 222 g/mol. The second kappa shape index (κ2) is 4.49. The summed E-state index contributed by atoms with van der Waals surface area (Å²) >= 11 is 5.18. The molecule has 1 fully saturated rings. The highest BCUT2D eigenvalue weighted by Gasteiger charge is 2.21. The Morgan fingerprint density at radius 1 is 1.40 bits per heavy atom. The Morgan fingerprint density at radius 2 is 2.13 bits per heavy atom. The standard InChI is InChI=1S/C11H14N2OS/c1-14-10-5-3-2-4-9(10)13-11(15)12-8-6-7-8/h2-5,8H,6-7H2,1H3,(H2,12,13,15). The first-order valence-corrected chi connectivity index (χ1v) is 5.41. The minimum absolute atomic E-state index is 0.569. The van der Waals surface area contributed by atoms with E-state index in [1.807, 2.05) is 24.3 Å². The summed E-state index contributed by atoms with van der Waals surface area (Å²) in [6, 6.07) is 8.30. The molecule has 0 bridgehead atoms. The number of hydrogen-bond acceptors (Lipinski definition) is 2.